The predicted octanol–water partition coefficient (Wildman–Crippen LogP) is 4.84. The zero-order valence-corrected chi connectivity index (χ0v) is 11.6. The minimum absolute atomic E-state index is 0.0801. The van der Waals surface area contributed by atoms with Crippen LogP contribution in [-0.4, -0.2) is 5.78 Å². The summed E-state index contributed by atoms with van der Waals surface area (Å²) >= 11 is 12.0. The van der Waals surface area contributed by atoms with Gasteiger partial charge >= 0.3 is 0 Å². The molecule has 18 heavy (non-hydrogen) atoms. The van der Waals surface area contributed by atoms with Crippen molar-refractivity contribution in [3.8, 4) is 0 Å². The molecule has 3 heteroatoms. The highest BCUT2D eigenvalue weighted by Gasteiger charge is 2.14. The molecule has 0 saturated carbocycles. The molecule has 0 bridgehead atoms. The number of carbonyl (C=O) groups excluding carboxylic acids is 1. The highest BCUT2D eigenvalue weighted by Crippen LogP contribution is 2.26. The first kappa shape index (κ1) is 13.1. The molecule has 0 heterocycles. The van der Waals surface area contributed by atoms with Gasteiger partial charge in [0.15, 0.2) is 5.78 Å². The molecule has 2 rings (SSSR count). The van der Waals surface area contributed by atoms with Crippen LogP contribution in [0.2, 0.25) is 10.0 Å². The second kappa shape index (κ2) is 5.13. The van der Waals surface area contributed by atoms with Crippen molar-refractivity contribution in [1.82, 2.24) is 0 Å². The van der Waals surface area contributed by atoms with Crippen molar-refractivity contribution in [3.05, 3.63) is 68.7 Å². The molecule has 0 amide bonds. The van der Waals surface area contributed by atoms with Gasteiger partial charge in [-0.1, -0.05) is 47.0 Å². The minimum atomic E-state index is -0.0801. The molecular weight excluding hydrogens is 267 g/mol. The molecule has 0 aliphatic heterocycles. The fraction of sp³-hybridized carbons (Fsp3) is 0.133. The highest BCUT2D eigenvalue weighted by molar-refractivity contribution is 6.37. The summed E-state index contributed by atoms with van der Waals surface area (Å²) in [6.07, 6.45) is 0. The maximum absolute atomic E-state index is 12.4. The van der Waals surface area contributed by atoms with Gasteiger partial charge < -0.3 is 0 Å². The average molecular weight is 279 g/mol. The van der Waals surface area contributed by atoms with Crippen molar-refractivity contribution >= 4 is 29.0 Å². The van der Waals surface area contributed by atoms with Crippen LogP contribution in [0.1, 0.15) is 27.0 Å². The zero-order chi connectivity index (χ0) is 13.3. The van der Waals surface area contributed by atoms with Crippen LogP contribution < -0.4 is 0 Å². The molecule has 92 valence electrons. The van der Waals surface area contributed by atoms with Crippen LogP contribution in [0, 0.1) is 13.8 Å². The van der Waals surface area contributed by atoms with E-state index in [0.29, 0.717) is 21.2 Å². The van der Waals surface area contributed by atoms with Crippen molar-refractivity contribution in [3.63, 3.8) is 0 Å². The van der Waals surface area contributed by atoms with Gasteiger partial charge in [-0.3, -0.25) is 4.79 Å². The van der Waals surface area contributed by atoms with E-state index in [-0.39, 0.29) is 5.78 Å². The summed E-state index contributed by atoms with van der Waals surface area (Å²) in [6, 6.07) is 10.8. The molecule has 0 atom stereocenters. The van der Waals surface area contributed by atoms with Gasteiger partial charge in [-0.15, -0.1) is 0 Å². The number of benzene rings is 2. The van der Waals surface area contributed by atoms with E-state index in [1.807, 2.05) is 32.0 Å². The van der Waals surface area contributed by atoms with Gasteiger partial charge in [-0.05, 0) is 37.6 Å². The van der Waals surface area contributed by atoms with E-state index in [0.717, 1.165) is 11.1 Å². The van der Waals surface area contributed by atoms with E-state index in [1.54, 1.807) is 18.2 Å². The number of hydrogen-bond donors (Lipinski definition) is 0. The third-order valence-corrected chi connectivity index (χ3v) is 3.49. The van der Waals surface area contributed by atoms with Crippen LogP contribution in [0.4, 0.5) is 0 Å². The lowest BCUT2D eigenvalue weighted by Gasteiger charge is -2.07. The molecule has 2 aromatic rings. The molecule has 0 spiro atoms. The van der Waals surface area contributed by atoms with Crippen LogP contribution in [0.3, 0.4) is 0 Å². The number of rotatable bonds is 2. The van der Waals surface area contributed by atoms with Crippen molar-refractivity contribution in [2.45, 2.75) is 13.8 Å². The third-order valence-electron chi connectivity index (χ3n) is 2.77. The second-order valence-corrected chi connectivity index (χ2v) is 5.09. The zero-order valence-electron chi connectivity index (χ0n) is 10.1. The largest absolute Gasteiger partial charge is 0.289 e. The Morgan fingerprint density at radius 2 is 1.72 bits per heavy atom. The number of aryl methyl sites for hydroxylation is 2. The van der Waals surface area contributed by atoms with Crippen LogP contribution in [0.15, 0.2) is 36.4 Å². The summed E-state index contributed by atoms with van der Waals surface area (Å²) < 4.78 is 0. The standard InChI is InChI=1S/C15H12Cl2O/c1-9-4-3-5-11(6-9)15(18)12-7-10(2)13(16)8-14(12)17/h3-8H,1-2H3. The predicted molar refractivity (Wildman–Crippen MR) is 75.8 cm³/mol. The monoisotopic (exact) mass is 278 g/mol. The fourth-order valence-corrected chi connectivity index (χ4v) is 2.24. The summed E-state index contributed by atoms with van der Waals surface area (Å²) in [4.78, 5) is 12.4. The van der Waals surface area contributed by atoms with Crippen LogP contribution in [-0.2, 0) is 0 Å². The van der Waals surface area contributed by atoms with Gasteiger partial charge in [0.05, 0.1) is 5.02 Å². The smallest absolute Gasteiger partial charge is 0.194 e. The Hall–Kier alpha value is -1.31. The molecule has 0 radical (unpaired) electrons. The number of ketones is 1. The Morgan fingerprint density at radius 1 is 1.00 bits per heavy atom. The first-order chi connectivity index (χ1) is 8.49. The number of hydrogen-bond acceptors (Lipinski definition) is 1. The van der Waals surface area contributed by atoms with Crippen LogP contribution >= 0.6 is 23.2 Å². The van der Waals surface area contributed by atoms with Gasteiger partial charge in [0, 0.05) is 16.1 Å². The molecule has 1 nitrogen and oxygen atoms in total. The van der Waals surface area contributed by atoms with Crippen molar-refractivity contribution in [2.24, 2.45) is 0 Å². The molecule has 0 saturated heterocycles. The summed E-state index contributed by atoms with van der Waals surface area (Å²) in [5.74, 6) is -0.0801. The maximum atomic E-state index is 12.4. The van der Waals surface area contributed by atoms with E-state index in [2.05, 4.69) is 0 Å². The fourth-order valence-electron chi connectivity index (χ4n) is 1.77. The summed E-state index contributed by atoms with van der Waals surface area (Å²) in [5, 5.41) is 0.956. The highest BCUT2D eigenvalue weighted by atomic mass is 35.5. The van der Waals surface area contributed by atoms with E-state index in [4.69, 9.17) is 23.2 Å². The maximum Gasteiger partial charge on any atom is 0.194 e. The SMILES string of the molecule is Cc1cccc(C(=O)c2cc(C)c(Cl)cc2Cl)c1. The van der Waals surface area contributed by atoms with Gasteiger partial charge in [0.1, 0.15) is 0 Å². The van der Waals surface area contributed by atoms with Crippen LogP contribution in [0.5, 0.6) is 0 Å². The van der Waals surface area contributed by atoms with E-state index in [9.17, 15) is 4.79 Å². The molecule has 0 aromatic heterocycles. The molecule has 0 aliphatic rings. The average Bonchev–Trinajstić information content (AvgIpc) is 2.33. The lowest BCUT2D eigenvalue weighted by atomic mass is 10.0. The van der Waals surface area contributed by atoms with Crippen molar-refractivity contribution < 1.29 is 4.79 Å². The Kier molecular flexibility index (Phi) is 3.74. The minimum Gasteiger partial charge on any atom is -0.289 e. The van der Waals surface area contributed by atoms with Gasteiger partial charge in [0.2, 0.25) is 0 Å². The lowest BCUT2D eigenvalue weighted by molar-refractivity contribution is 0.103. The van der Waals surface area contributed by atoms with Crippen LogP contribution in [0.25, 0.3) is 0 Å². The van der Waals surface area contributed by atoms with Crippen molar-refractivity contribution in [1.29, 1.82) is 0 Å². The lowest BCUT2D eigenvalue weighted by Crippen LogP contribution is -2.03. The van der Waals surface area contributed by atoms with E-state index in [1.165, 1.54) is 0 Å². The topological polar surface area (TPSA) is 17.1 Å². The number of halogens is 2. The second-order valence-electron chi connectivity index (χ2n) is 4.28. The molecule has 0 aliphatic carbocycles. The summed E-state index contributed by atoms with van der Waals surface area (Å²) in [6.45, 7) is 3.80. The molecule has 0 fully saturated rings. The third kappa shape index (κ3) is 2.58. The number of carbonyl (C=O) groups is 1. The van der Waals surface area contributed by atoms with Gasteiger partial charge in [-0.25, -0.2) is 0 Å². The molecular formula is C15H12Cl2O. The molecule has 2 aromatic carbocycles. The van der Waals surface area contributed by atoms with Gasteiger partial charge in [-0.2, -0.15) is 0 Å². The summed E-state index contributed by atoms with van der Waals surface area (Å²) in [7, 11) is 0. The quantitative estimate of drug-likeness (QED) is 0.719. The van der Waals surface area contributed by atoms with E-state index >= 15 is 0 Å². The summed E-state index contributed by atoms with van der Waals surface area (Å²) in [5.41, 5.74) is 3.02. The first-order valence-corrected chi connectivity index (χ1v) is 6.31. The van der Waals surface area contributed by atoms with E-state index < -0.39 is 0 Å². The Labute approximate surface area is 116 Å². The Bertz CT molecular complexity index is 618. The first-order valence-electron chi connectivity index (χ1n) is 5.56. The van der Waals surface area contributed by atoms with Crippen molar-refractivity contribution in [2.75, 3.05) is 0 Å². The molecule has 0 N–H and O–H groups in total. The normalized spacial score (nSPS) is 10.4. The Morgan fingerprint density at radius 3 is 2.39 bits per heavy atom. The molecule has 0 unspecified atom stereocenters. The Balaban J connectivity index is 2.49. The van der Waals surface area contributed by atoms with Gasteiger partial charge in [0.25, 0.3) is 0 Å².